The van der Waals surface area contributed by atoms with E-state index < -0.39 is 28.7 Å². The van der Waals surface area contributed by atoms with E-state index in [1.54, 1.807) is 84.2 Å². The first-order chi connectivity index (χ1) is 16.2. The molecular formula is C26H30N2O6S. The zero-order chi connectivity index (χ0) is 26.1. The summed E-state index contributed by atoms with van der Waals surface area (Å²) in [4.78, 5) is 57.3. The van der Waals surface area contributed by atoms with Crippen molar-refractivity contribution in [1.82, 2.24) is 0 Å². The minimum absolute atomic E-state index is 0.137. The number of rotatable bonds is 5. The van der Waals surface area contributed by atoms with E-state index in [2.05, 4.69) is 5.32 Å². The molecule has 0 saturated carbocycles. The van der Waals surface area contributed by atoms with Crippen LogP contribution in [0, 0.1) is 10.8 Å². The Labute approximate surface area is 208 Å². The number of benzene rings is 1. The largest absolute Gasteiger partial charge is 0.430 e. The Kier molecular flexibility index (Phi) is 7.21. The Morgan fingerprint density at radius 1 is 1.00 bits per heavy atom. The average Bonchev–Trinajstić information content (AvgIpc) is 3.38. The lowest BCUT2D eigenvalue weighted by molar-refractivity contribution is -0.157. The SMILES string of the molecule is CC/C(OC(=O)C(C)(C)C)=C1\C(=O)N(OC(=O)C(C)(C)C)c2cc(NC(=O)c3cccs3)ccc21. The summed E-state index contributed by atoms with van der Waals surface area (Å²) in [6.45, 7) is 12.0. The lowest BCUT2D eigenvalue weighted by atomic mass is 9.97. The summed E-state index contributed by atoms with van der Waals surface area (Å²) < 4.78 is 5.62. The van der Waals surface area contributed by atoms with Gasteiger partial charge in [0.05, 0.1) is 27.0 Å². The van der Waals surface area contributed by atoms with Gasteiger partial charge in [0.1, 0.15) is 5.76 Å². The van der Waals surface area contributed by atoms with E-state index in [0.29, 0.717) is 16.1 Å². The van der Waals surface area contributed by atoms with Crippen molar-refractivity contribution in [3.8, 4) is 0 Å². The smallest absolute Gasteiger partial charge is 0.338 e. The van der Waals surface area contributed by atoms with E-state index in [9.17, 15) is 19.2 Å². The van der Waals surface area contributed by atoms with Crippen LogP contribution in [0.2, 0.25) is 0 Å². The molecule has 8 nitrogen and oxygen atoms in total. The number of nitrogens with one attached hydrogen (secondary N) is 1. The molecule has 1 aliphatic rings. The summed E-state index contributed by atoms with van der Waals surface area (Å²) in [5, 5.41) is 5.49. The second kappa shape index (κ2) is 9.65. The Morgan fingerprint density at radius 2 is 1.66 bits per heavy atom. The number of carbonyl (C=O) groups is 4. The van der Waals surface area contributed by atoms with Gasteiger partial charge in [-0.1, -0.05) is 13.0 Å². The highest BCUT2D eigenvalue weighted by Crippen LogP contribution is 2.42. The number of nitrogens with zero attached hydrogens (tertiary/aromatic N) is 1. The standard InChI is InChI=1S/C26H30N2O6S/c1-8-18(33-23(31)25(2,3)4)20-16-12-11-15(27-21(29)19-10-9-13-35-19)14-17(16)28(22(20)30)34-24(32)26(5,6)7/h9-14H,8H2,1-7H3,(H,27,29)/b20-18+. The first-order valence-corrected chi connectivity index (χ1v) is 12.1. The molecule has 2 amide bonds. The van der Waals surface area contributed by atoms with Crippen LogP contribution < -0.4 is 10.4 Å². The lowest BCUT2D eigenvalue weighted by Gasteiger charge is -2.22. The van der Waals surface area contributed by atoms with Crippen LogP contribution in [-0.4, -0.2) is 23.8 Å². The number of carbonyl (C=O) groups excluding carboxylic acids is 4. The molecule has 0 aliphatic carbocycles. The summed E-state index contributed by atoms with van der Waals surface area (Å²) in [7, 11) is 0. The zero-order valence-corrected chi connectivity index (χ0v) is 21.8. The van der Waals surface area contributed by atoms with Crippen molar-refractivity contribution in [3.63, 3.8) is 0 Å². The molecule has 2 heterocycles. The Hall–Kier alpha value is -3.46. The van der Waals surface area contributed by atoms with E-state index in [-0.39, 0.29) is 29.3 Å². The minimum atomic E-state index is -0.871. The van der Waals surface area contributed by atoms with Gasteiger partial charge in [-0.3, -0.25) is 14.4 Å². The van der Waals surface area contributed by atoms with E-state index in [1.807, 2.05) is 0 Å². The number of esters is 1. The highest BCUT2D eigenvalue weighted by molar-refractivity contribution is 7.12. The van der Waals surface area contributed by atoms with Crippen molar-refractivity contribution >= 4 is 52.0 Å². The molecule has 35 heavy (non-hydrogen) atoms. The Bertz CT molecular complexity index is 1200. The molecule has 0 fully saturated rings. The van der Waals surface area contributed by atoms with Crippen LogP contribution in [0.5, 0.6) is 0 Å². The number of thiophene rings is 1. The highest BCUT2D eigenvalue weighted by Gasteiger charge is 2.41. The molecule has 3 rings (SSSR count). The maximum absolute atomic E-state index is 13.5. The van der Waals surface area contributed by atoms with Crippen LogP contribution in [0.3, 0.4) is 0 Å². The first-order valence-electron chi connectivity index (χ1n) is 11.3. The molecule has 1 N–H and O–H groups in total. The fourth-order valence-electron chi connectivity index (χ4n) is 3.06. The number of hydroxylamine groups is 1. The lowest BCUT2D eigenvalue weighted by Crippen LogP contribution is -2.35. The number of hydrogen-bond acceptors (Lipinski definition) is 7. The van der Waals surface area contributed by atoms with Gasteiger partial charge in [-0.15, -0.1) is 16.4 Å². The predicted molar refractivity (Wildman–Crippen MR) is 135 cm³/mol. The fraction of sp³-hybridized carbons (Fsp3) is 0.385. The highest BCUT2D eigenvalue weighted by atomic mass is 32.1. The zero-order valence-electron chi connectivity index (χ0n) is 21.0. The first kappa shape index (κ1) is 26.2. The van der Waals surface area contributed by atoms with Gasteiger partial charge < -0.3 is 14.9 Å². The molecular weight excluding hydrogens is 468 g/mol. The second-order valence-corrected chi connectivity index (χ2v) is 11.1. The van der Waals surface area contributed by atoms with E-state index in [0.717, 1.165) is 5.06 Å². The fourth-order valence-corrected chi connectivity index (χ4v) is 3.68. The summed E-state index contributed by atoms with van der Waals surface area (Å²) >= 11 is 1.30. The van der Waals surface area contributed by atoms with E-state index in [1.165, 1.54) is 11.3 Å². The third-order valence-electron chi connectivity index (χ3n) is 5.10. The van der Waals surface area contributed by atoms with Crippen molar-refractivity contribution < 1.29 is 28.8 Å². The van der Waals surface area contributed by atoms with E-state index in [4.69, 9.17) is 9.57 Å². The van der Waals surface area contributed by atoms with Crippen molar-refractivity contribution in [2.75, 3.05) is 10.4 Å². The third kappa shape index (κ3) is 5.62. The van der Waals surface area contributed by atoms with Gasteiger partial charge in [0, 0.05) is 17.7 Å². The van der Waals surface area contributed by atoms with Crippen molar-refractivity contribution in [3.05, 3.63) is 51.9 Å². The van der Waals surface area contributed by atoms with Gasteiger partial charge in [-0.05, 0) is 71.2 Å². The van der Waals surface area contributed by atoms with Crippen LogP contribution in [0.1, 0.15) is 70.1 Å². The quantitative estimate of drug-likeness (QED) is 0.329. The molecule has 186 valence electrons. The minimum Gasteiger partial charge on any atom is -0.430 e. The van der Waals surface area contributed by atoms with Crippen LogP contribution in [0.15, 0.2) is 41.5 Å². The van der Waals surface area contributed by atoms with Crippen molar-refractivity contribution in [1.29, 1.82) is 0 Å². The van der Waals surface area contributed by atoms with Crippen molar-refractivity contribution in [2.45, 2.75) is 54.9 Å². The number of ether oxygens (including phenoxy) is 1. The monoisotopic (exact) mass is 498 g/mol. The summed E-state index contributed by atoms with van der Waals surface area (Å²) in [5.74, 6) is -1.85. The second-order valence-electron chi connectivity index (χ2n) is 10.2. The number of anilines is 2. The molecule has 0 unspecified atom stereocenters. The molecule has 1 aromatic heterocycles. The number of amides is 2. The number of hydrogen-bond donors (Lipinski definition) is 1. The summed E-state index contributed by atoms with van der Waals surface area (Å²) in [5.41, 5.74) is -0.395. The number of fused-ring (bicyclic) bond motifs is 1. The van der Waals surface area contributed by atoms with Gasteiger partial charge in [-0.25, -0.2) is 4.79 Å². The maximum Gasteiger partial charge on any atom is 0.338 e. The maximum atomic E-state index is 13.5. The molecule has 0 atom stereocenters. The van der Waals surface area contributed by atoms with Crippen molar-refractivity contribution in [2.24, 2.45) is 10.8 Å². The molecule has 1 aromatic carbocycles. The van der Waals surface area contributed by atoms with Gasteiger partial charge >= 0.3 is 11.9 Å². The molecule has 0 radical (unpaired) electrons. The number of allylic oxidation sites excluding steroid dienone is 1. The van der Waals surface area contributed by atoms with Crippen LogP contribution >= 0.6 is 11.3 Å². The Morgan fingerprint density at radius 3 is 2.20 bits per heavy atom. The molecule has 0 saturated heterocycles. The van der Waals surface area contributed by atoms with Gasteiger partial charge in [0.2, 0.25) is 0 Å². The van der Waals surface area contributed by atoms with Crippen LogP contribution in [0.4, 0.5) is 11.4 Å². The van der Waals surface area contributed by atoms with Crippen LogP contribution in [-0.2, 0) is 24.0 Å². The molecule has 2 aromatic rings. The Balaban J connectivity index is 2.07. The molecule has 9 heteroatoms. The molecule has 0 bridgehead atoms. The third-order valence-corrected chi connectivity index (χ3v) is 5.97. The van der Waals surface area contributed by atoms with Gasteiger partial charge in [0.25, 0.3) is 11.8 Å². The summed E-state index contributed by atoms with van der Waals surface area (Å²) in [6.07, 6.45) is 0.264. The van der Waals surface area contributed by atoms with Gasteiger partial charge in [0.15, 0.2) is 0 Å². The normalized spacial score (nSPS) is 14.9. The average molecular weight is 499 g/mol. The predicted octanol–water partition coefficient (Wildman–Crippen LogP) is 5.56. The van der Waals surface area contributed by atoms with Crippen LogP contribution in [0.25, 0.3) is 5.57 Å². The molecule has 1 aliphatic heterocycles. The van der Waals surface area contributed by atoms with Gasteiger partial charge in [-0.2, -0.15) is 0 Å². The summed E-state index contributed by atoms with van der Waals surface area (Å²) in [6, 6.07) is 8.31. The van der Waals surface area contributed by atoms with E-state index >= 15 is 0 Å². The molecule has 0 spiro atoms. The topological polar surface area (TPSA) is 102 Å².